The zero-order chi connectivity index (χ0) is 26.1. The van der Waals surface area contributed by atoms with Gasteiger partial charge in [0.05, 0.1) is 23.4 Å². The van der Waals surface area contributed by atoms with E-state index >= 15 is 0 Å². The molecule has 0 bridgehead atoms. The van der Waals surface area contributed by atoms with Gasteiger partial charge in [0.25, 0.3) is 0 Å². The van der Waals surface area contributed by atoms with Crippen LogP contribution in [0.1, 0.15) is 13.8 Å². The van der Waals surface area contributed by atoms with Crippen molar-refractivity contribution in [2.24, 2.45) is 7.05 Å². The van der Waals surface area contributed by atoms with E-state index in [2.05, 4.69) is 15.3 Å². The van der Waals surface area contributed by atoms with E-state index in [4.69, 9.17) is 4.74 Å². The van der Waals surface area contributed by atoms with Crippen molar-refractivity contribution in [3.8, 4) is 17.0 Å². The Hall–Kier alpha value is -4.05. The van der Waals surface area contributed by atoms with Crippen LogP contribution in [-0.2, 0) is 7.05 Å². The van der Waals surface area contributed by atoms with Gasteiger partial charge in [-0.25, -0.2) is 9.97 Å². The fraction of sp³-hybridized carbons (Fsp3) is 0.280. The highest BCUT2D eigenvalue weighted by Crippen LogP contribution is 2.34. The van der Waals surface area contributed by atoms with Crippen LogP contribution >= 0.6 is 0 Å². The number of benzene rings is 2. The number of nitrogens with zero attached hydrogens (tertiary/aromatic N) is 5. The number of rotatable bonds is 5. The van der Waals surface area contributed by atoms with Crippen LogP contribution in [0.25, 0.3) is 22.2 Å². The fourth-order valence-electron chi connectivity index (χ4n) is 3.19. The van der Waals surface area contributed by atoms with Crippen LogP contribution in [0.4, 0.5) is 21.7 Å². The first-order valence-corrected chi connectivity index (χ1v) is 11.0. The first kappa shape index (κ1) is 27.2. The Labute approximate surface area is 204 Å². The number of nitro benzene ring substituents is 1. The van der Waals surface area contributed by atoms with E-state index in [-0.39, 0.29) is 17.4 Å². The molecule has 0 radical (unpaired) electrons. The Morgan fingerprint density at radius 1 is 1.14 bits per heavy atom. The lowest BCUT2D eigenvalue weighted by molar-refractivity contribution is -0.387. The second-order valence-electron chi connectivity index (χ2n) is 7.66. The highest BCUT2D eigenvalue weighted by Gasteiger charge is 2.20. The van der Waals surface area contributed by atoms with Gasteiger partial charge in [-0.2, -0.15) is 4.39 Å². The summed E-state index contributed by atoms with van der Waals surface area (Å²) in [6, 6.07) is 11.7. The quantitative estimate of drug-likeness (QED) is 0.290. The van der Waals surface area contributed by atoms with E-state index < -0.39 is 16.4 Å². The largest absolute Gasteiger partial charge is 0.494 e. The molecule has 9 nitrogen and oxygen atoms in total. The maximum Gasteiger partial charge on any atom is 0.307 e. The molecule has 0 unspecified atom stereocenters. The Morgan fingerprint density at radius 3 is 2.43 bits per heavy atom. The third kappa shape index (κ3) is 6.73. The van der Waals surface area contributed by atoms with Crippen molar-refractivity contribution in [3.05, 3.63) is 70.8 Å². The summed E-state index contributed by atoms with van der Waals surface area (Å²) in [5.74, 6) is -0.676. The SMILES string of the molecule is CC.CN(C)C.COc1cc(F)c([N+](=O)[O-])cc1Nc1nccc(-c2cn(C)c3ccccc23)n1. The number of para-hydroxylation sites is 1. The number of ether oxygens (including phenoxy) is 1. The summed E-state index contributed by atoms with van der Waals surface area (Å²) in [6.07, 6.45) is 3.55. The Bertz CT molecular complexity index is 1290. The monoisotopic (exact) mass is 482 g/mol. The van der Waals surface area contributed by atoms with Crippen LogP contribution in [0.5, 0.6) is 5.75 Å². The van der Waals surface area contributed by atoms with Gasteiger partial charge in [-0.05, 0) is 33.3 Å². The molecule has 2 aromatic heterocycles. The van der Waals surface area contributed by atoms with Crippen molar-refractivity contribution in [1.29, 1.82) is 0 Å². The zero-order valence-corrected chi connectivity index (χ0v) is 21.0. The molecule has 0 amide bonds. The molecule has 2 aromatic carbocycles. The number of nitro groups is 1. The molecule has 0 aliphatic carbocycles. The third-order valence-corrected chi connectivity index (χ3v) is 4.54. The number of fused-ring (bicyclic) bond motifs is 1. The lowest BCUT2D eigenvalue weighted by Gasteiger charge is -2.11. The summed E-state index contributed by atoms with van der Waals surface area (Å²) < 4.78 is 21.0. The molecule has 2 heterocycles. The molecular formula is C25H31FN6O3. The third-order valence-electron chi connectivity index (χ3n) is 4.54. The molecule has 0 spiro atoms. The molecule has 0 atom stereocenters. The first-order chi connectivity index (χ1) is 16.7. The minimum Gasteiger partial charge on any atom is -0.494 e. The molecule has 4 aromatic rings. The highest BCUT2D eigenvalue weighted by atomic mass is 19.1. The molecule has 0 aliphatic rings. The predicted molar refractivity (Wildman–Crippen MR) is 138 cm³/mol. The summed E-state index contributed by atoms with van der Waals surface area (Å²) in [4.78, 5) is 20.9. The van der Waals surface area contributed by atoms with Crippen LogP contribution in [0.15, 0.2) is 54.9 Å². The second kappa shape index (κ2) is 12.4. The van der Waals surface area contributed by atoms with Crippen molar-refractivity contribution in [1.82, 2.24) is 19.4 Å². The summed E-state index contributed by atoms with van der Waals surface area (Å²) in [5, 5.41) is 15.0. The number of halogens is 1. The van der Waals surface area contributed by atoms with E-state index in [9.17, 15) is 14.5 Å². The van der Waals surface area contributed by atoms with Gasteiger partial charge in [-0.1, -0.05) is 32.0 Å². The number of methoxy groups -OCH3 is 1. The van der Waals surface area contributed by atoms with Crippen molar-refractivity contribution >= 4 is 28.2 Å². The average Bonchev–Trinajstić information content (AvgIpc) is 3.17. The lowest BCUT2D eigenvalue weighted by Crippen LogP contribution is -2.02. The van der Waals surface area contributed by atoms with Crippen LogP contribution in [0.2, 0.25) is 0 Å². The van der Waals surface area contributed by atoms with Gasteiger partial charge in [-0.15, -0.1) is 0 Å². The van der Waals surface area contributed by atoms with Gasteiger partial charge in [0.2, 0.25) is 11.8 Å². The van der Waals surface area contributed by atoms with E-state index in [1.165, 1.54) is 7.11 Å². The van der Waals surface area contributed by atoms with Crippen molar-refractivity contribution < 1.29 is 14.1 Å². The lowest BCUT2D eigenvalue weighted by atomic mass is 10.1. The molecule has 0 fully saturated rings. The van der Waals surface area contributed by atoms with Gasteiger partial charge in [0.1, 0.15) is 5.75 Å². The summed E-state index contributed by atoms with van der Waals surface area (Å²) in [5.41, 5.74) is 2.18. The average molecular weight is 483 g/mol. The zero-order valence-electron chi connectivity index (χ0n) is 21.0. The van der Waals surface area contributed by atoms with Gasteiger partial charge < -0.3 is 19.5 Å². The maximum atomic E-state index is 13.9. The van der Waals surface area contributed by atoms with Crippen LogP contribution in [-0.4, -0.2) is 52.6 Å². The van der Waals surface area contributed by atoms with Crippen molar-refractivity contribution in [2.75, 3.05) is 33.6 Å². The van der Waals surface area contributed by atoms with Gasteiger partial charge in [0.15, 0.2) is 0 Å². The van der Waals surface area contributed by atoms with E-state index in [1.54, 1.807) is 12.3 Å². The molecule has 0 saturated carbocycles. The smallest absolute Gasteiger partial charge is 0.307 e. The Kier molecular flexibility index (Phi) is 9.65. The number of nitrogens with one attached hydrogen (secondary N) is 1. The van der Waals surface area contributed by atoms with Gasteiger partial charge in [0, 0.05) is 48.0 Å². The van der Waals surface area contributed by atoms with Crippen LogP contribution in [0, 0.1) is 15.9 Å². The Morgan fingerprint density at radius 2 is 1.80 bits per heavy atom. The molecule has 35 heavy (non-hydrogen) atoms. The molecule has 1 N–H and O–H groups in total. The minimum atomic E-state index is -0.983. The van der Waals surface area contributed by atoms with E-state index in [0.717, 1.165) is 28.6 Å². The summed E-state index contributed by atoms with van der Waals surface area (Å²) in [7, 11) is 9.30. The van der Waals surface area contributed by atoms with E-state index in [0.29, 0.717) is 5.69 Å². The minimum absolute atomic E-state index is 0.104. The van der Waals surface area contributed by atoms with Crippen molar-refractivity contribution in [3.63, 3.8) is 0 Å². The van der Waals surface area contributed by atoms with Gasteiger partial charge >= 0.3 is 5.69 Å². The molecular weight excluding hydrogens is 451 g/mol. The molecule has 10 heteroatoms. The number of aryl methyl sites for hydroxylation is 1. The molecule has 0 aliphatic heterocycles. The Balaban J connectivity index is 0.000000655. The normalized spacial score (nSPS) is 10.2. The van der Waals surface area contributed by atoms with Crippen molar-refractivity contribution in [2.45, 2.75) is 13.8 Å². The summed E-state index contributed by atoms with van der Waals surface area (Å²) >= 11 is 0. The van der Waals surface area contributed by atoms with Crippen LogP contribution in [0.3, 0.4) is 0 Å². The summed E-state index contributed by atoms with van der Waals surface area (Å²) in [6.45, 7) is 4.00. The maximum absolute atomic E-state index is 13.9. The standard InChI is InChI=1S/C20H16FN5O3.C3H9N.C2H6/c1-25-11-13(12-5-3-4-6-17(12)25)15-7-8-22-20(23-15)24-16-10-18(26(27)28)14(21)9-19(16)29-2;1-4(2)3;1-2/h3-11H,1-2H3,(H,22,23,24);1-3H3;1-2H3. The molecule has 186 valence electrons. The highest BCUT2D eigenvalue weighted by molar-refractivity contribution is 5.95. The van der Waals surface area contributed by atoms with Gasteiger partial charge in [-0.3, -0.25) is 10.1 Å². The number of aromatic nitrogens is 3. The molecule has 4 rings (SSSR count). The van der Waals surface area contributed by atoms with E-state index in [1.807, 2.05) is 82.0 Å². The number of hydrogen-bond donors (Lipinski definition) is 1. The van der Waals surface area contributed by atoms with Crippen LogP contribution < -0.4 is 10.1 Å². The number of hydrogen-bond acceptors (Lipinski definition) is 7. The first-order valence-electron chi connectivity index (χ1n) is 11.0. The number of anilines is 2. The fourth-order valence-corrected chi connectivity index (χ4v) is 3.19. The second-order valence-corrected chi connectivity index (χ2v) is 7.66. The predicted octanol–water partition coefficient (Wildman–Crippen LogP) is 5.64. The topological polar surface area (TPSA) is 98.4 Å². The molecule has 0 saturated heterocycles.